The van der Waals surface area contributed by atoms with Crippen molar-refractivity contribution in [1.82, 2.24) is 19.6 Å². The maximum atomic E-state index is 13.7. The Morgan fingerprint density at radius 2 is 1.46 bits per heavy atom. The molecule has 3 aromatic carbocycles. The molecule has 1 amide bonds. The summed E-state index contributed by atoms with van der Waals surface area (Å²) < 4.78 is 12.7. The average molecular weight is 497 g/mol. The van der Waals surface area contributed by atoms with E-state index in [4.69, 9.17) is 14.6 Å². The first-order chi connectivity index (χ1) is 18.1. The lowest BCUT2D eigenvalue weighted by Crippen LogP contribution is -2.48. The predicted molar refractivity (Wildman–Crippen MR) is 144 cm³/mol. The molecule has 0 atom stereocenters. The number of carbonyl (C=O) groups is 1. The highest BCUT2D eigenvalue weighted by Gasteiger charge is 2.26. The highest BCUT2D eigenvalue weighted by atomic mass is 16.5. The zero-order chi connectivity index (χ0) is 25.6. The van der Waals surface area contributed by atoms with Crippen molar-refractivity contribution in [2.75, 3.05) is 40.4 Å². The van der Waals surface area contributed by atoms with E-state index in [1.54, 1.807) is 14.2 Å². The topological polar surface area (TPSA) is 59.8 Å². The molecule has 0 spiro atoms. The summed E-state index contributed by atoms with van der Waals surface area (Å²) in [5.41, 5.74) is 4.63. The Labute approximate surface area is 217 Å². The summed E-state index contributed by atoms with van der Waals surface area (Å²) in [6, 6.07) is 26.1. The van der Waals surface area contributed by atoms with Crippen LogP contribution in [0.2, 0.25) is 0 Å². The molecule has 7 nitrogen and oxygen atoms in total. The number of ether oxygens (including phenoxy) is 2. The third-order valence-electron chi connectivity index (χ3n) is 6.74. The lowest BCUT2D eigenvalue weighted by atomic mass is 10.1. The second kappa shape index (κ2) is 11.3. The molecule has 4 aromatic rings. The van der Waals surface area contributed by atoms with Crippen LogP contribution in [-0.2, 0) is 13.1 Å². The molecule has 0 unspecified atom stereocenters. The molecule has 0 bridgehead atoms. The zero-order valence-corrected chi connectivity index (χ0v) is 21.3. The van der Waals surface area contributed by atoms with Crippen LogP contribution in [0, 0.1) is 0 Å². The van der Waals surface area contributed by atoms with Crippen molar-refractivity contribution < 1.29 is 14.3 Å². The van der Waals surface area contributed by atoms with Gasteiger partial charge in [-0.1, -0.05) is 66.7 Å². The molecule has 1 aromatic heterocycles. The first-order valence-corrected chi connectivity index (χ1v) is 12.5. The van der Waals surface area contributed by atoms with Gasteiger partial charge < -0.3 is 14.4 Å². The normalized spacial score (nSPS) is 13.9. The summed E-state index contributed by atoms with van der Waals surface area (Å²) in [5, 5.41) is 4.83. The SMILES string of the molecule is COc1ccc(CN2CCN(C(=O)c3cn(Cc4ccccc4)nc3-c3ccccc3)CC2)cc1OC. The number of hydrogen-bond donors (Lipinski definition) is 0. The fraction of sp³-hybridized carbons (Fsp3) is 0.267. The molecule has 1 aliphatic heterocycles. The van der Waals surface area contributed by atoms with Crippen molar-refractivity contribution in [3.63, 3.8) is 0 Å². The smallest absolute Gasteiger partial charge is 0.257 e. The Kier molecular flexibility index (Phi) is 7.51. The number of rotatable bonds is 8. The van der Waals surface area contributed by atoms with Gasteiger partial charge in [0.05, 0.1) is 26.3 Å². The maximum Gasteiger partial charge on any atom is 0.257 e. The molecule has 0 N–H and O–H groups in total. The van der Waals surface area contributed by atoms with Gasteiger partial charge in [-0.2, -0.15) is 5.10 Å². The van der Waals surface area contributed by atoms with Crippen molar-refractivity contribution in [3.05, 3.63) is 102 Å². The van der Waals surface area contributed by atoms with Crippen molar-refractivity contribution in [1.29, 1.82) is 0 Å². The fourth-order valence-electron chi connectivity index (χ4n) is 4.76. The number of methoxy groups -OCH3 is 2. The van der Waals surface area contributed by atoms with E-state index in [0.717, 1.165) is 53.5 Å². The third-order valence-corrected chi connectivity index (χ3v) is 6.74. The molecule has 5 rings (SSSR count). The van der Waals surface area contributed by atoms with Gasteiger partial charge in [0, 0.05) is 44.5 Å². The summed E-state index contributed by atoms with van der Waals surface area (Å²) in [6.07, 6.45) is 1.90. The van der Waals surface area contributed by atoms with Crippen molar-refractivity contribution in [2.24, 2.45) is 0 Å². The van der Waals surface area contributed by atoms with Crippen molar-refractivity contribution in [2.45, 2.75) is 13.1 Å². The highest BCUT2D eigenvalue weighted by Crippen LogP contribution is 2.28. The number of nitrogens with zero attached hydrogens (tertiary/aromatic N) is 4. The number of piperazine rings is 1. The summed E-state index contributed by atoms with van der Waals surface area (Å²) in [6.45, 7) is 4.37. The first kappa shape index (κ1) is 24.6. The number of hydrogen-bond acceptors (Lipinski definition) is 5. The van der Waals surface area contributed by atoms with E-state index in [9.17, 15) is 4.79 Å². The number of benzene rings is 3. The minimum Gasteiger partial charge on any atom is -0.493 e. The van der Waals surface area contributed by atoms with Crippen LogP contribution in [0.3, 0.4) is 0 Å². The quantitative estimate of drug-likeness (QED) is 0.358. The second-order valence-electron chi connectivity index (χ2n) is 9.20. The average Bonchev–Trinajstić information content (AvgIpc) is 3.37. The van der Waals surface area contributed by atoms with E-state index >= 15 is 0 Å². The highest BCUT2D eigenvalue weighted by molar-refractivity contribution is 5.99. The Bertz CT molecular complexity index is 1330. The summed E-state index contributed by atoms with van der Waals surface area (Å²) in [4.78, 5) is 18.0. The van der Waals surface area contributed by atoms with Crippen LogP contribution >= 0.6 is 0 Å². The second-order valence-corrected chi connectivity index (χ2v) is 9.20. The van der Waals surface area contributed by atoms with Gasteiger partial charge in [0.15, 0.2) is 11.5 Å². The summed E-state index contributed by atoms with van der Waals surface area (Å²) in [5.74, 6) is 1.49. The molecule has 1 saturated heterocycles. The van der Waals surface area contributed by atoms with E-state index < -0.39 is 0 Å². The van der Waals surface area contributed by atoms with Crippen LogP contribution in [0.4, 0.5) is 0 Å². The van der Waals surface area contributed by atoms with Crippen LogP contribution in [-0.4, -0.2) is 65.9 Å². The van der Waals surface area contributed by atoms with Crippen LogP contribution in [0.15, 0.2) is 85.1 Å². The fourth-order valence-corrected chi connectivity index (χ4v) is 4.76. The van der Waals surface area contributed by atoms with Gasteiger partial charge in [-0.3, -0.25) is 14.4 Å². The van der Waals surface area contributed by atoms with Gasteiger partial charge in [0.1, 0.15) is 5.69 Å². The largest absolute Gasteiger partial charge is 0.493 e. The molecule has 1 aliphatic rings. The van der Waals surface area contributed by atoms with E-state index in [2.05, 4.69) is 23.1 Å². The van der Waals surface area contributed by atoms with Crippen LogP contribution < -0.4 is 9.47 Å². The van der Waals surface area contributed by atoms with Gasteiger partial charge in [-0.25, -0.2) is 0 Å². The van der Waals surface area contributed by atoms with E-state index in [1.165, 1.54) is 0 Å². The summed E-state index contributed by atoms with van der Waals surface area (Å²) in [7, 11) is 3.29. The first-order valence-electron chi connectivity index (χ1n) is 12.5. The van der Waals surface area contributed by atoms with E-state index in [-0.39, 0.29) is 5.91 Å². The number of aromatic nitrogens is 2. The molecule has 0 radical (unpaired) electrons. The Balaban J connectivity index is 1.29. The Morgan fingerprint density at radius 3 is 2.14 bits per heavy atom. The van der Waals surface area contributed by atoms with Gasteiger partial charge >= 0.3 is 0 Å². The molecular weight excluding hydrogens is 464 g/mol. The lowest BCUT2D eigenvalue weighted by molar-refractivity contribution is 0.0629. The predicted octanol–water partition coefficient (Wildman–Crippen LogP) is 4.57. The van der Waals surface area contributed by atoms with Crippen LogP contribution in [0.5, 0.6) is 11.5 Å². The molecule has 7 heteroatoms. The minimum absolute atomic E-state index is 0.0314. The molecule has 1 fully saturated rings. The minimum atomic E-state index is 0.0314. The van der Waals surface area contributed by atoms with Crippen LogP contribution in [0.1, 0.15) is 21.5 Å². The molecule has 2 heterocycles. The van der Waals surface area contributed by atoms with Gasteiger partial charge in [0.2, 0.25) is 0 Å². The number of amides is 1. The maximum absolute atomic E-state index is 13.7. The zero-order valence-electron chi connectivity index (χ0n) is 21.3. The lowest BCUT2D eigenvalue weighted by Gasteiger charge is -2.34. The molecule has 0 aliphatic carbocycles. The van der Waals surface area contributed by atoms with E-state index in [0.29, 0.717) is 25.2 Å². The van der Waals surface area contributed by atoms with Crippen molar-refractivity contribution >= 4 is 5.91 Å². The van der Waals surface area contributed by atoms with Gasteiger partial charge in [-0.15, -0.1) is 0 Å². The van der Waals surface area contributed by atoms with Crippen LogP contribution in [0.25, 0.3) is 11.3 Å². The molecule has 0 saturated carbocycles. The third kappa shape index (κ3) is 5.67. The molecular formula is C30H32N4O3. The van der Waals surface area contributed by atoms with Gasteiger partial charge in [0.25, 0.3) is 5.91 Å². The monoisotopic (exact) mass is 496 g/mol. The Hall–Kier alpha value is -4.10. The number of carbonyl (C=O) groups excluding carboxylic acids is 1. The van der Waals surface area contributed by atoms with Crippen molar-refractivity contribution in [3.8, 4) is 22.8 Å². The van der Waals surface area contributed by atoms with E-state index in [1.807, 2.05) is 76.4 Å². The van der Waals surface area contributed by atoms with Gasteiger partial charge in [-0.05, 0) is 23.3 Å². The standard InChI is InChI=1S/C30H32N4O3/c1-36-27-14-13-24(19-28(27)37-2)20-32-15-17-33(18-16-32)30(35)26-22-34(21-23-9-5-3-6-10-23)31-29(26)25-11-7-4-8-12-25/h3-14,19,22H,15-18,20-21H2,1-2H3. The summed E-state index contributed by atoms with van der Waals surface area (Å²) >= 11 is 0. The molecule has 37 heavy (non-hydrogen) atoms. The Morgan fingerprint density at radius 1 is 0.784 bits per heavy atom. The molecule has 190 valence electrons.